The van der Waals surface area contributed by atoms with Crippen LogP contribution in [0.5, 0.6) is 0 Å². The van der Waals surface area contributed by atoms with Gasteiger partial charge in [0.25, 0.3) is 0 Å². The molecule has 1 amide bonds. The van der Waals surface area contributed by atoms with E-state index in [4.69, 9.17) is 22.3 Å². The first-order valence-electron chi connectivity index (χ1n) is 12.0. The monoisotopic (exact) mass is 516 g/mol. The first kappa shape index (κ1) is 22.9. The van der Waals surface area contributed by atoms with Gasteiger partial charge in [0.2, 0.25) is 5.91 Å². The quantitative estimate of drug-likeness (QED) is 0.285. The van der Waals surface area contributed by atoms with E-state index in [1.54, 1.807) is 23.7 Å². The van der Waals surface area contributed by atoms with Crippen molar-refractivity contribution in [2.24, 2.45) is 5.92 Å². The number of thiophene rings is 1. The molecule has 0 unspecified atom stereocenters. The van der Waals surface area contributed by atoms with Gasteiger partial charge in [0.05, 0.1) is 14.6 Å². The highest BCUT2D eigenvalue weighted by Crippen LogP contribution is 2.42. The number of benzene rings is 1. The van der Waals surface area contributed by atoms with Gasteiger partial charge in [-0.05, 0) is 61.8 Å². The van der Waals surface area contributed by atoms with Crippen molar-refractivity contribution in [3.05, 3.63) is 71.4 Å². The van der Waals surface area contributed by atoms with Crippen LogP contribution in [-0.4, -0.2) is 25.3 Å². The maximum atomic E-state index is 12.8. The summed E-state index contributed by atoms with van der Waals surface area (Å²) in [5.41, 5.74) is 9.07. The lowest BCUT2D eigenvalue weighted by Crippen LogP contribution is -2.27. The van der Waals surface area contributed by atoms with Gasteiger partial charge >= 0.3 is 0 Å². The number of hydrogen-bond acceptors (Lipinski definition) is 6. The summed E-state index contributed by atoms with van der Waals surface area (Å²) < 4.78 is 3.11. The zero-order chi connectivity index (χ0) is 24.8. The molecule has 4 heterocycles. The summed E-state index contributed by atoms with van der Waals surface area (Å²) in [6.45, 7) is 1.98. The van der Waals surface area contributed by atoms with Crippen molar-refractivity contribution in [1.29, 1.82) is 0 Å². The largest absolute Gasteiger partial charge is 0.382 e. The summed E-state index contributed by atoms with van der Waals surface area (Å²) in [5.74, 6) is 2.25. The third-order valence-corrected chi connectivity index (χ3v) is 8.58. The predicted octanol–water partition coefficient (Wildman–Crippen LogP) is 6.46. The van der Waals surface area contributed by atoms with Crippen LogP contribution in [0.4, 0.5) is 11.6 Å². The van der Waals surface area contributed by atoms with Crippen LogP contribution in [-0.2, 0) is 4.79 Å². The minimum Gasteiger partial charge on any atom is -0.382 e. The van der Waals surface area contributed by atoms with E-state index in [9.17, 15) is 4.79 Å². The van der Waals surface area contributed by atoms with Gasteiger partial charge in [-0.25, -0.2) is 15.0 Å². The summed E-state index contributed by atoms with van der Waals surface area (Å²) in [4.78, 5) is 27.6. The number of carbonyl (C=O) groups is 1. The first-order chi connectivity index (χ1) is 17.5. The van der Waals surface area contributed by atoms with Crippen molar-refractivity contribution >= 4 is 56.1 Å². The predicted molar refractivity (Wildman–Crippen MR) is 146 cm³/mol. The number of aromatic nitrogens is 4. The molecule has 0 bridgehead atoms. The zero-order valence-electron chi connectivity index (χ0n) is 19.7. The number of nitrogens with zero attached hydrogens (tertiary/aromatic N) is 4. The van der Waals surface area contributed by atoms with Crippen molar-refractivity contribution in [1.82, 2.24) is 19.4 Å². The Morgan fingerprint density at radius 1 is 1.17 bits per heavy atom. The van der Waals surface area contributed by atoms with Gasteiger partial charge in [-0.1, -0.05) is 29.8 Å². The van der Waals surface area contributed by atoms with E-state index in [-0.39, 0.29) is 17.7 Å². The van der Waals surface area contributed by atoms with Gasteiger partial charge in [-0.2, -0.15) is 0 Å². The number of imidazole rings is 1. The van der Waals surface area contributed by atoms with E-state index >= 15 is 0 Å². The van der Waals surface area contributed by atoms with E-state index in [2.05, 4.69) is 31.8 Å². The molecule has 0 atom stereocenters. The van der Waals surface area contributed by atoms with E-state index in [0.29, 0.717) is 11.6 Å². The molecule has 1 aromatic carbocycles. The van der Waals surface area contributed by atoms with Gasteiger partial charge in [-0.3, -0.25) is 9.20 Å². The Hall–Kier alpha value is -3.49. The SMILES string of the molecule is Cc1ccc(NC(=O)[C@H]2CC[C@H](c3nc(-c4cc5cccc(Cl)c5s4)c4c(N)nccn43)CC2)nc1. The molecular weight excluding hydrogens is 492 g/mol. The van der Waals surface area contributed by atoms with E-state index < -0.39 is 0 Å². The lowest BCUT2D eigenvalue weighted by molar-refractivity contribution is -0.120. The Morgan fingerprint density at radius 3 is 2.75 bits per heavy atom. The van der Waals surface area contributed by atoms with Gasteiger partial charge in [-0.15, -0.1) is 11.3 Å². The molecule has 0 radical (unpaired) electrons. The Bertz CT molecular complexity index is 1580. The van der Waals surface area contributed by atoms with Crippen LogP contribution in [0.15, 0.2) is 55.0 Å². The Balaban J connectivity index is 1.27. The lowest BCUT2D eigenvalue weighted by atomic mass is 9.81. The molecule has 0 saturated heterocycles. The molecule has 1 saturated carbocycles. The number of amides is 1. The highest BCUT2D eigenvalue weighted by molar-refractivity contribution is 7.22. The number of pyridine rings is 1. The second-order valence-electron chi connectivity index (χ2n) is 9.38. The van der Waals surface area contributed by atoms with Crippen LogP contribution in [0.2, 0.25) is 5.02 Å². The Labute approximate surface area is 217 Å². The third kappa shape index (κ3) is 4.10. The van der Waals surface area contributed by atoms with E-state index in [0.717, 1.165) is 68.3 Å². The molecule has 9 heteroatoms. The number of nitrogen functional groups attached to an aromatic ring is 1. The number of hydrogen-bond donors (Lipinski definition) is 2. The summed E-state index contributed by atoms with van der Waals surface area (Å²) >= 11 is 8.06. The van der Waals surface area contributed by atoms with Gasteiger partial charge < -0.3 is 11.1 Å². The zero-order valence-corrected chi connectivity index (χ0v) is 21.3. The molecule has 36 heavy (non-hydrogen) atoms. The molecule has 5 aromatic rings. The summed E-state index contributed by atoms with van der Waals surface area (Å²) in [6.07, 6.45) is 8.75. The highest BCUT2D eigenvalue weighted by atomic mass is 35.5. The maximum absolute atomic E-state index is 12.8. The van der Waals surface area contributed by atoms with Crippen molar-refractivity contribution < 1.29 is 4.79 Å². The summed E-state index contributed by atoms with van der Waals surface area (Å²) in [7, 11) is 0. The Kier molecular flexibility index (Phi) is 5.85. The van der Waals surface area contributed by atoms with Crippen LogP contribution in [0.25, 0.3) is 26.2 Å². The summed E-state index contributed by atoms with van der Waals surface area (Å²) in [5, 5.41) is 4.79. The number of nitrogens with two attached hydrogens (primary N) is 1. The molecule has 0 spiro atoms. The van der Waals surface area contributed by atoms with Crippen molar-refractivity contribution in [2.45, 2.75) is 38.5 Å². The summed E-state index contributed by atoms with van der Waals surface area (Å²) in [6, 6.07) is 11.8. The average molecular weight is 517 g/mol. The van der Waals surface area contributed by atoms with Crippen LogP contribution in [0.3, 0.4) is 0 Å². The molecular formula is C27H25ClN6OS. The van der Waals surface area contributed by atoms with Crippen LogP contribution >= 0.6 is 22.9 Å². The number of nitrogens with one attached hydrogen (secondary N) is 1. The molecule has 1 aliphatic carbocycles. The third-order valence-electron chi connectivity index (χ3n) is 6.97. The fraction of sp³-hybridized carbons (Fsp3) is 0.259. The van der Waals surface area contributed by atoms with Crippen LogP contribution < -0.4 is 11.1 Å². The normalized spacial score (nSPS) is 18.1. The van der Waals surface area contributed by atoms with Gasteiger partial charge in [0.1, 0.15) is 28.7 Å². The smallest absolute Gasteiger partial charge is 0.228 e. The van der Waals surface area contributed by atoms with E-state index in [1.807, 2.05) is 37.4 Å². The molecule has 0 aliphatic heterocycles. The molecule has 1 aliphatic rings. The fourth-order valence-electron chi connectivity index (χ4n) is 5.07. The molecule has 4 aromatic heterocycles. The topological polar surface area (TPSA) is 98.2 Å². The minimum atomic E-state index is -0.0356. The number of fused-ring (bicyclic) bond motifs is 2. The number of halogens is 1. The fourth-order valence-corrected chi connectivity index (χ4v) is 6.43. The van der Waals surface area contributed by atoms with E-state index in [1.165, 1.54) is 0 Å². The molecule has 182 valence electrons. The second kappa shape index (κ2) is 9.19. The molecule has 1 fully saturated rings. The van der Waals surface area contributed by atoms with Crippen molar-refractivity contribution in [3.8, 4) is 10.6 Å². The van der Waals surface area contributed by atoms with Crippen LogP contribution in [0.1, 0.15) is 43.0 Å². The second-order valence-corrected chi connectivity index (χ2v) is 10.8. The average Bonchev–Trinajstić information content (AvgIpc) is 3.49. The first-order valence-corrected chi connectivity index (χ1v) is 13.2. The maximum Gasteiger partial charge on any atom is 0.228 e. The lowest BCUT2D eigenvalue weighted by Gasteiger charge is -2.27. The number of aryl methyl sites for hydroxylation is 1. The minimum absolute atomic E-state index is 0.0356. The standard InChI is InChI=1S/C27H25ClN6OS/c1-15-5-10-21(31-14-15)32-27(35)17-8-6-16(7-9-17)26-33-22(23-25(29)30-11-12-34(23)26)20-13-18-3-2-4-19(28)24(18)36-20/h2-5,10-14,16-17H,6-9H2,1H3,(H2,29,30)(H,31,32,35)/t16-,17-. The highest BCUT2D eigenvalue weighted by Gasteiger charge is 2.31. The Morgan fingerprint density at radius 2 is 2.00 bits per heavy atom. The van der Waals surface area contributed by atoms with Crippen LogP contribution in [0, 0.1) is 12.8 Å². The molecule has 7 nitrogen and oxygen atoms in total. The number of carbonyl (C=O) groups excluding carboxylic acids is 1. The van der Waals surface area contributed by atoms with Crippen molar-refractivity contribution in [3.63, 3.8) is 0 Å². The number of rotatable bonds is 4. The van der Waals surface area contributed by atoms with Crippen molar-refractivity contribution in [2.75, 3.05) is 11.1 Å². The van der Waals surface area contributed by atoms with Gasteiger partial charge in [0.15, 0.2) is 0 Å². The van der Waals surface area contributed by atoms with Gasteiger partial charge in [0, 0.05) is 30.4 Å². The number of anilines is 2. The molecule has 3 N–H and O–H groups in total. The molecule has 6 rings (SSSR count).